The maximum atomic E-state index is 13.1. The highest BCUT2D eigenvalue weighted by atomic mass is 19.4. The summed E-state index contributed by atoms with van der Waals surface area (Å²) in [7, 11) is 0. The summed E-state index contributed by atoms with van der Waals surface area (Å²) in [6.07, 6.45) is -4.42. The van der Waals surface area contributed by atoms with Crippen molar-refractivity contribution in [2.45, 2.75) is 13.1 Å². The van der Waals surface area contributed by atoms with Gasteiger partial charge in [0.05, 0.1) is 11.3 Å². The topological polar surface area (TPSA) is 41.8 Å². The molecule has 0 bridgehead atoms. The van der Waals surface area contributed by atoms with Crippen LogP contribution in [0.15, 0.2) is 65.1 Å². The van der Waals surface area contributed by atoms with Gasteiger partial charge in [0.1, 0.15) is 11.6 Å². The number of imidazole rings is 1. The fraction of sp³-hybridized carbons (Fsp3) is 0.0952. The van der Waals surface area contributed by atoms with Gasteiger partial charge in [0.15, 0.2) is 11.6 Å². The van der Waals surface area contributed by atoms with Crippen molar-refractivity contribution in [2.75, 3.05) is 0 Å². The summed E-state index contributed by atoms with van der Waals surface area (Å²) in [5, 5.41) is 0. The van der Waals surface area contributed by atoms with Crippen LogP contribution < -0.4 is 0 Å². The number of halogens is 4. The minimum atomic E-state index is -4.42. The first-order valence-corrected chi connectivity index (χ1v) is 8.41. The van der Waals surface area contributed by atoms with Crippen LogP contribution in [-0.4, -0.2) is 9.97 Å². The number of H-pyrrole nitrogens is 1. The van der Waals surface area contributed by atoms with E-state index in [9.17, 15) is 17.6 Å². The molecule has 0 aliphatic rings. The lowest BCUT2D eigenvalue weighted by Crippen LogP contribution is -2.04. The predicted octanol–water partition coefficient (Wildman–Crippen LogP) is 6.47. The van der Waals surface area contributed by atoms with E-state index in [2.05, 4.69) is 9.97 Å². The van der Waals surface area contributed by atoms with Gasteiger partial charge in [-0.05, 0) is 55.5 Å². The van der Waals surface area contributed by atoms with E-state index in [0.717, 1.165) is 23.4 Å². The van der Waals surface area contributed by atoms with Crippen molar-refractivity contribution >= 4 is 0 Å². The van der Waals surface area contributed by atoms with Crippen LogP contribution in [0.2, 0.25) is 0 Å². The molecule has 2 aromatic heterocycles. The number of aromatic nitrogens is 2. The molecular formula is C21H14F4N2O. The fourth-order valence-electron chi connectivity index (χ4n) is 2.94. The van der Waals surface area contributed by atoms with Crippen molar-refractivity contribution in [2.24, 2.45) is 0 Å². The molecule has 0 amide bonds. The quantitative estimate of drug-likeness (QED) is 0.410. The van der Waals surface area contributed by atoms with E-state index in [1.54, 1.807) is 30.3 Å². The average molecular weight is 386 g/mol. The summed E-state index contributed by atoms with van der Waals surface area (Å²) in [6, 6.07) is 14.1. The number of alkyl halides is 3. The Morgan fingerprint density at radius 2 is 1.61 bits per heavy atom. The van der Waals surface area contributed by atoms with Gasteiger partial charge >= 0.3 is 6.18 Å². The Hall–Kier alpha value is -3.35. The largest absolute Gasteiger partial charge is 0.453 e. The molecule has 0 aliphatic heterocycles. The van der Waals surface area contributed by atoms with Gasteiger partial charge in [-0.25, -0.2) is 9.37 Å². The van der Waals surface area contributed by atoms with Crippen LogP contribution in [0.25, 0.3) is 34.2 Å². The lowest BCUT2D eigenvalue weighted by Gasteiger charge is -2.07. The highest BCUT2D eigenvalue weighted by Crippen LogP contribution is 2.34. The number of benzene rings is 2. The van der Waals surface area contributed by atoms with Crippen LogP contribution in [0.4, 0.5) is 17.6 Å². The molecule has 28 heavy (non-hydrogen) atoms. The Bertz CT molecular complexity index is 1120. The molecule has 0 atom stereocenters. The van der Waals surface area contributed by atoms with Crippen LogP contribution >= 0.6 is 0 Å². The molecule has 2 heterocycles. The van der Waals surface area contributed by atoms with Crippen molar-refractivity contribution in [3.8, 4) is 34.2 Å². The SMILES string of the molecule is Cc1[nH]c(-c2ccc(-c3cccc(C(F)(F)F)c3)o2)nc1-c1ccc(F)cc1. The Labute approximate surface area is 157 Å². The van der Waals surface area contributed by atoms with E-state index in [0.29, 0.717) is 28.6 Å². The van der Waals surface area contributed by atoms with Gasteiger partial charge in [0.2, 0.25) is 0 Å². The summed E-state index contributed by atoms with van der Waals surface area (Å²) in [4.78, 5) is 7.59. The van der Waals surface area contributed by atoms with Crippen LogP contribution in [0.1, 0.15) is 11.3 Å². The Morgan fingerprint density at radius 3 is 2.32 bits per heavy atom. The van der Waals surface area contributed by atoms with E-state index < -0.39 is 11.7 Å². The van der Waals surface area contributed by atoms with Gasteiger partial charge in [0.25, 0.3) is 0 Å². The standard InChI is InChI=1S/C21H14F4N2O/c1-12-19(13-5-7-16(22)8-6-13)27-20(26-12)18-10-9-17(28-18)14-3-2-4-15(11-14)21(23,24)25/h2-11H,1H3,(H,26,27). The van der Waals surface area contributed by atoms with Crippen molar-refractivity contribution in [3.63, 3.8) is 0 Å². The van der Waals surface area contributed by atoms with Gasteiger partial charge in [0, 0.05) is 16.8 Å². The average Bonchev–Trinajstić information content (AvgIpc) is 3.29. The fourth-order valence-corrected chi connectivity index (χ4v) is 2.94. The zero-order chi connectivity index (χ0) is 19.9. The van der Waals surface area contributed by atoms with E-state index in [-0.39, 0.29) is 5.82 Å². The molecule has 0 saturated carbocycles. The number of rotatable bonds is 3. The first-order chi connectivity index (χ1) is 13.3. The van der Waals surface area contributed by atoms with Crippen LogP contribution in [0, 0.1) is 12.7 Å². The number of hydrogen-bond acceptors (Lipinski definition) is 2. The molecule has 0 spiro atoms. The monoisotopic (exact) mass is 386 g/mol. The summed E-state index contributed by atoms with van der Waals surface area (Å²) < 4.78 is 57.6. The van der Waals surface area contributed by atoms with Gasteiger partial charge in [-0.3, -0.25) is 0 Å². The van der Waals surface area contributed by atoms with Crippen molar-refractivity contribution in [3.05, 3.63) is 77.7 Å². The first kappa shape index (κ1) is 18.0. The van der Waals surface area contributed by atoms with Gasteiger partial charge in [-0.2, -0.15) is 13.2 Å². The molecule has 7 heteroatoms. The summed E-state index contributed by atoms with van der Waals surface area (Å²) in [5.74, 6) is 0.798. The lowest BCUT2D eigenvalue weighted by molar-refractivity contribution is -0.137. The van der Waals surface area contributed by atoms with E-state index >= 15 is 0 Å². The third-order valence-corrected chi connectivity index (χ3v) is 4.32. The number of aromatic amines is 1. The van der Waals surface area contributed by atoms with E-state index in [1.807, 2.05) is 6.92 Å². The van der Waals surface area contributed by atoms with Crippen LogP contribution in [0.5, 0.6) is 0 Å². The highest BCUT2D eigenvalue weighted by molar-refractivity contribution is 5.67. The second kappa shape index (κ2) is 6.67. The molecule has 4 rings (SSSR count). The van der Waals surface area contributed by atoms with Gasteiger partial charge < -0.3 is 9.40 Å². The molecule has 4 aromatic rings. The molecule has 0 saturated heterocycles. The molecule has 0 fully saturated rings. The molecule has 0 aliphatic carbocycles. The maximum absolute atomic E-state index is 13.1. The molecule has 0 radical (unpaired) electrons. The number of furan rings is 1. The summed E-state index contributed by atoms with van der Waals surface area (Å²) in [6.45, 7) is 1.83. The van der Waals surface area contributed by atoms with Crippen molar-refractivity contribution < 1.29 is 22.0 Å². The lowest BCUT2D eigenvalue weighted by atomic mass is 10.1. The number of nitrogens with zero attached hydrogens (tertiary/aromatic N) is 1. The van der Waals surface area contributed by atoms with Gasteiger partial charge in [-0.1, -0.05) is 12.1 Å². The molecule has 142 valence electrons. The highest BCUT2D eigenvalue weighted by Gasteiger charge is 2.30. The van der Waals surface area contributed by atoms with Crippen LogP contribution in [-0.2, 0) is 6.18 Å². The number of aryl methyl sites for hydroxylation is 1. The molecule has 0 unspecified atom stereocenters. The third-order valence-electron chi connectivity index (χ3n) is 4.32. The Balaban J connectivity index is 1.67. The molecule has 3 nitrogen and oxygen atoms in total. The number of nitrogens with one attached hydrogen (secondary N) is 1. The summed E-state index contributed by atoms with van der Waals surface area (Å²) >= 11 is 0. The maximum Gasteiger partial charge on any atom is 0.416 e. The van der Waals surface area contributed by atoms with Gasteiger partial charge in [-0.15, -0.1) is 0 Å². The molecular weight excluding hydrogens is 372 g/mol. The third kappa shape index (κ3) is 3.43. The number of hydrogen-bond donors (Lipinski definition) is 1. The minimum Gasteiger partial charge on any atom is -0.453 e. The normalized spacial score (nSPS) is 11.8. The zero-order valence-corrected chi connectivity index (χ0v) is 14.6. The summed E-state index contributed by atoms with van der Waals surface area (Å²) in [5.41, 5.74) is 1.73. The minimum absolute atomic E-state index is 0.304. The predicted molar refractivity (Wildman–Crippen MR) is 96.9 cm³/mol. The van der Waals surface area contributed by atoms with E-state index in [1.165, 1.54) is 18.2 Å². The first-order valence-electron chi connectivity index (χ1n) is 8.41. The second-order valence-corrected chi connectivity index (χ2v) is 6.31. The van der Waals surface area contributed by atoms with Crippen molar-refractivity contribution in [1.82, 2.24) is 9.97 Å². The smallest absolute Gasteiger partial charge is 0.416 e. The zero-order valence-electron chi connectivity index (χ0n) is 14.6. The Kier molecular flexibility index (Phi) is 4.30. The van der Waals surface area contributed by atoms with Crippen LogP contribution in [0.3, 0.4) is 0 Å². The van der Waals surface area contributed by atoms with E-state index in [4.69, 9.17) is 4.42 Å². The second-order valence-electron chi connectivity index (χ2n) is 6.31. The Morgan fingerprint density at radius 1 is 0.893 bits per heavy atom. The molecule has 1 N–H and O–H groups in total. The molecule has 2 aromatic carbocycles. The van der Waals surface area contributed by atoms with Crippen molar-refractivity contribution in [1.29, 1.82) is 0 Å².